The molecule has 4 rings (SSSR count). The molecule has 4 nitrogen and oxygen atoms in total. The second-order valence-corrected chi connectivity index (χ2v) is 8.67. The molecule has 1 aliphatic rings. The van der Waals surface area contributed by atoms with E-state index in [4.69, 9.17) is 9.73 Å². The Morgan fingerprint density at radius 2 is 1.73 bits per heavy atom. The monoisotopic (exact) mass is 416 g/mol. The number of amides is 1. The Bertz CT molecular complexity index is 1090. The molecule has 3 aromatic rings. The van der Waals surface area contributed by atoms with Gasteiger partial charge in [0.15, 0.2) is 0 Å². The number of aryl methyl sites for hydroxylation is 2. The molecule has 0 spiro atoms. The lowest BCUT2D eigenvalue weighted by atomic mass is 10.0. The molecule has 0 unspecified atom stereocenters. The zero-order valence-electron chi connectivity index (χ0n) is 17.3. The molecule has 1 N–H and O–H groups in total. The molecule has 1 heterocycles. The summed E-state index contributed by atoms with van der Waals surface area (Å²) in [6.07, 6.45) is 0.344. The van der Waals surface area contributed by atoms with Crippen molar-refractivity contribution in [1.29, 1.82) is 0 Å². The van der Waals surface area contributed by atoms with Crippen LogP contribution in [-0.2, 0) is 4.79 Å². The van der Waals surface area contributed by atoms with E-state index in [9.17, 15) is 4.79 Å². The average molecular weight is 417 g/mol. The number of anilines is 1. The lowest BCUT2D eigenvalue weighted by Crippen LogP contribution is -2.27. The summed E-state index contributed by atoms with van der Waals surface area (Å²) in [6, 6.07) is 22.0. The second-order valence-electron chi connectivity index (χ2n) is 7.43. The van der Waals surface area contributed by atoms with Gasteiger partial charge in [0.05, 0.1) is 23.8 Å². The summed E-state index contributed by atoms with van der Waals surface area (Å²) in [6.45, 7) is 4.07. The second kappa shape index (κ2) is 8.76. The van der Waals surface area contributed by atoms with Crippen molar-refractivity contribution in [3.63, 3.8) is 0 Å². The standard InChI is InChI=1S/C25H24N2O2S/c1-16-12-17(2)14-19(13-16)26-24(28)15-23-25(18-8-10-20(29-3)11-9-18)27-21-6-4-5-7-22(21)30-23/h4-14,23H,15H2,1-3H3,(H,26,28)/t23-/m1/s1. The van der Waals surface area contributed by atoms with Crippen LogP contribution in [0.1, 0.15) is 23.1 Å². The molecule has 1 amide bonds. The molecular weight excluding hydrogens is 392 g/mol. The van der Waals surface area contributed by atoms with E-state index in [2.05, 4.69) is 17.4 Å². The number of hydrogen-bond acceptors (Lipinski definition) is 4. The van der Waals surface area contributed by atoms with Gasteiger partial charge in [-0.3, -0.25) is 9.79 Å². The maximum atomic E-state index is 12.9. The van der Waals surface area contributed by atoms with Crippen molar-refractivity contribution in [2.45, 2.75) is 30.4 Å². The molecule has 1 aliphatic heterocycles. The largest absolute Gasteiger partial charge is 0.497 e. The Morgan fingerprint density at radius 3 is 2.43 bits per heavy atom. The van der Waals surface area contributed by atoms with E-state index in [0.717, 1.165) is 44.4 Å². The fourth-order valence-electron chi connectivity index (χ4n) is 3.64. The van der Waals surface area contributed by atoms with Crippen LogP contribution >= 0.6 is 11.8 Å². The van der Waals surface area contributed by atoms with Gasteiger partial charge in [0.2, 0.25) is 5.91 Å². The third-order valence-corrected chi connectivity index (χ3v) is 6.22. The summed E-state index contributed by atoms with van der Waals surface area (Å²) in [5, 5.41) is 2.99. The van der Waals surface area contributed by atoms with Gasteiger partial charge < -0.3 is 10.1 Å². The van der Waals surface area contributed by atoms with Crippen LogP contribution in [0.3, 0.4) is 0 Å². The smallest absolute Gasteiger partial charge is 0.225 e. The van der Waals surface area contributed by atoms with E-state index in [1.165, 1.54) is 0 Å². The van der Waals surface area contributed by atoms with Crippen LogP contribution in [0.5, 0.6) is 5.75 Å². The summed E-state index contributed by atoms with van der Waals surface area (Å²) in [5.41, 5.74) is 5.96. The zero-order valence-corrected chi connectivity index (χ0v) is 18.1. The van der Waals surface area contributed by atoms with Crippen LogP contribution in [0.4, 0.5) is 11.4 Å². The van der Waals surface area contributed by atoms with Gasteiger partial charge in [0.1, 0.15) is 5.75 Å². The van der Waals surface area contributed by atoms with Gasteiger partial charge in [-0.2, -0.15) is 0 Å². The molecule has 3 aromatic carbocycles. The molecule has 0 fully saturated rings. The fourth-order valence-corrected chi connectivity index (χ4v) is 4.87. The molecule has 5 heteroatoms. The van der Waals surface area contributed by atoms with E-state index in [1.54, 1.807) is 18.9 Å². The number of fused-ring (bicyclic) bond motifs is 1. The molecule has 0 radical (unpaired) electrons. The van der Waals surface area contributed by atoms with Crippen molar-refractivity contribution >= 4 is 34.8 Å². The molecule has 1 atom stereocenters. The number of nitrogens with zero attached hydrogens (tertiary/aromatic N) is 1. The van der Waals surface area contributed by atoms with Crippen LogP contribution < -0.4 is 10.1 Å². The van der Waals surface area contributed by atoms with Gasteiger partial charge in [-0.25, -0.2) is 0 Å². The van der Waals surface area contributed by atoms with Gasteiger partial charge in [-0.05, 0) is 79.1 Å². The highest BCUT2D eigenvalue weighted by molar-refractivity contribution is 8.01. The summed E-state index contributed by atoms with van der Waals surface area (Å²) < 4.78 is 5.28. The normalized spacial score (nSPS) is 15.2. The zero-order chi connectivity index (χ0) is 21.1. The highest BCUT2D eigenvalue weighted by Gasteiger charge is 2.27. The lowest BCUT2D eigenvalue weighted by molar-refractivity contribution is -0.116. The number of nitrogens with one attached hydrogen (secondary N) is 1. The van der Waals surface area contributed by atoms with Gasteiger partial charge >= 0.3 is 0 Å². The lowest BCUT2D eigenvalue weighted by Gasteiger charge is -2.24. The minimum atomic E-state index is -0.0702. The molecule has 0 saturated heterocycles. The molecule has 0 aromatic heterocycles. The molecule has 152 valence electrons. The average Bonchev–Trinajstić information content (AvgIpc) is 2.72. The van der Waals surface area contributed by atoms with Crippen LogP contribution in [0.25, 0.3) is 0 Å². The van der Waals surface area contributed by atoms with E-state index in [0.29, 0.717) is 6.42 Å². The molecule has 0 saturated carbocycles. The highest BCUT2D eigenvalue weighted by Crippen LogP contribution is 2.40. The molecule has 30 heavy (non-hydrogen) atoms. The topological polar surface area (TPSA) is 50.7 Å². The predicted molar refractivity (Wildman–Crippen MR) is 124 cm³/mol. The molecular formula is C25H24N2O2S. The number of ether oxygens (including phenoxy) is 1. The minimum absolute atomic E-state index is 0.0157. The first-order valence-electron chi connectivity index (χ1n) is 9.88. The quantitative estimate of drug-likeness (QED) is 0.560. The first-order valence-corrected chi connectivity index (χ1v) is 10.8. The number of hydrogen-bond donors (Lipinski definition) is 1. The Kier molecular flexibility index (Phi) is 5.91. The van der Waals surface area contributed by atoms with E-state index in [-0.39, 0.29) is 11.2 Å². The number of thioether (sulfide) groups is 1. The SMILES string of the molecule is COc1ccc(C2=Nc3ccccc3S[C@@H]2CC(=O)Nc2cc(C)cc(C)c2)cc1. The van der Waals surface area contributed by atoms with E-state index >= 15 is 0 Å². The summed E-state index contributed by atoms with van der Waals surface area (Å²) in [7, 11) is 1.65. The fraction of sp³-hybridized carbons (Fsp3) is 0.200. The number of aliphatic imine (C=N–C) groups is 1. The summed E-state index contributed by atoms with van der Waals surface area (Å²) in [4.78, 5) is 18.9. The first-order chi connectivity index (χ1) is 14.5. The van der Waals surface area contributed by atoms with Gasteiger partial charge in [0, 0.05) is 17.0 Å². The minimum Gasteiger partial charge on any atom is -0.497 e. The number of benzene rings is 3. The number of methoxy groups -OCH3 is 1. The van der Waals surface area contributed by atoms with Crippen molar-refractivity contribution < 1.29 is 9.53 Å². The van der Waals surface area contributed by atoms with Crippen LogP contribution in [0.2, 0.25) is 0 Å². The van der Waals surface area contributed by atoms with E-state index < -0.39 is 0 Å². The molecule has 0 aliphatic carbocycles. The number of para-hydroxylation sites is 1. The van der Waals surface area contributed by atoms with Gasteiger partial charge in [-0.15, -0.1) is 11.8 Å². The first kappa shape index (κ1) is 20.2. The maximum Gasteiger partial charge on any atom is 0.225 e. The summed E-state index contributed by atoms with van der Waals surface area (Å²) >= 11 is 1.69. The Balaban J connectivity index is 1.60. The van der Waals surface area contributed by atoms with Crippen LogP contribution in [0, 0.1) is 13.8 Å². The third kappa shape index (κ3) is 4.57. The number of carbonyl (C=O) groups is 1. The highest BCUT2D eigenvalue weighted by atomic mass is 32.2. The van der Waals surface area contributed by atoms with Crippen molar-refractivity contribution in [3.8, 4) is 5.75 Å². The predicted octanol–water partition coefficient (Wildman–Crippen LogP) is 5.94. The third-order valence-electron chi connectivity index (χ3n) is 4.94. The van der Waals surface area contributed by atoms with Gasteiger partial charge in [0.25, 0.3) is 0 Å². The van der Waals surface area contributed by atoms with Crippen molar-refractivity contribution in [1.82, 2.24) is 0 Å². The Hall–Kier alpha value is -3.05. The Morgan fingerprint density at radius 1 is 1.03 bits per heavy atom. The molecule has 0 bridgehead atoms. The number of rotatable bonds is 5. The van der Waals surface area contributed by atoms with Gasteiger partial charge in [-0.1, -0.05) is 18.2 Å². The summed E-state index contributed by atoms with van der Waals surface area (Å²) in [5.74, 6) is 0.783. The van der Waals surface area contributed by atoms with E-state index in [1.807, 2.05) is 68.4 Å². The van der Waals surface area contributed by atoms with Crippen molar-refractivity contribution in [3.05, 3.63) is 83.4 Å². The van der Waals surface area contributed by atoms with Crippen molar-refractivity contribution in [2.75, 3.05) is 12.4 Å². The Labute approximate surface area is 181 Å². The number of carbonyl (C=O) groups excluding carboxylic acids is 1. The maximum absolute atomic E-state index is 12.9. The van der Waals surface area contributed by atoms with Crippen LogP contribution in [0.15, 0.2) is 76.6 Å². The van der Waals surface area contributed by atoms with Crippen LogP contribution in [-0.4, -0.2) is 24.0 Å². The van der Waals surface area contributed by atoms with Crippen molar-refractivity contribution in [2.24, 2.45) is 4.99 Å².